The molecule has 0 saturated carbocycles. The van der Waals surface area contributed by atoms with E-state index in [1.54, 1.807) is 13.8 Å². The third kappa shape index (κ3) is 2.91. The van der Waals surface area contributed by atoms with Crippen LogP contribution in [0, 0.1) is 5.92 Å². The molecule has 1 atom stereocenters. The van der Waals surface area contributed by atoms with Crippen LogP contribution in [0.1, 0.15) is 23.5 Å². The smallest absolute Gasteiger partial charge is 0.326 e. The summed E-state index contributed by atoms with van der Waals surface area (Å²) in [7, 11) is 0. The van der Waals surface area contributed by atoms with Gasteiger partial charge in [-0.25, -0.2) is 4.79 Å². The molecule has 0 aliphatic heterocycles. The Kier molecular flexibility index (Phi) is 4.24. The second kappa shape index (κ2) is 5.92. The highest BCUT2D eigenvalue weighted by Gasteiger charge is 2.25. The first kappa shape index (κ1) is 14.3. The first-order valence-electron chi connectivity index (χ1n) is 6.25. The predicted molar refractivity (Wildman–Crippen MR) is 77.4 cm³/mol. The lowest BCUT2D eigenvalue weighted by molar-refractivity contribution is -0.140. The summed E-state index contributed by atoms with van der Waals surface area (Å²) in [6.45, 7) is 3.53. The van der Waals surface area contributed by atoms with E-state index in [4.69, 9.17) is 5.11 Å². The summed E-state index contributed by atoms with van der Waals surface area (Å²) >= 11 is 1.30. The summed E-state index contributed by atoms with van der Waals surface area (Å²) in [5, 5.41) is 13.5. The molecule has 5 nitrogen and oxygen atoms in total. The number of amides is 1. The Morgan fingerprint density at radius 3 is 2.50 bits per heavy atom. The van der Waals surface area contributed by atoms with Gasteiger partial charge < -0.3 is 15.0 Å². The number of hydrogen-bond donors (Lipinski definition) is 2. The van der Waals surface area contributed by atoms with E-state index in [1.807, 2.05) is 40.5 Å². The standard InChI is InChI=1S/C14H16N2O3S/c1-9(2)11(14(18)19)15-13(17)12-10(5-8-20-12)16-6-3-4-7-16/h3-9,11H,1-2H3,(H,15,17)(H,18,19). The van der Waals surface area contributed by atoms with Crippen LogP contribution in [0.4, 0.5) is 0 Å². The molecule has 0 spiro atoms. The number of aliphatic carboxylic acids is 1. The van der Waals surface area contributed by atoms with E-state index in [1.165, 1.54) is 11.3 Å². The normalized spacial score (nSPS) is 12.3. The van der Waals surface area contributed by atoms with Crippen LogP contribution >= 0.6 is 11.3 Å². The fraction of sp³-hybridized carbons (Fsp3) is 0.286. The van der Waals surface area contributed by atoms with Crippen LogP contribution in [0.25, 0.3) is 5.69 Å². The fourth-order valence-electron chi connectivity index (χ4n) is 1.89. The SMILES string of the molecule is CC(C)C(NC(=O)c1sccc1-n1cccc1)C(=O)O. The van der Waals surface area contributed by atoms with Gasteiger partial charge in [0.1, 0.15) is 10.9 Å². The molecule has 2 aromatic rings. The summed E-state index contributed by atoms with van der Waals surface area (Å²) in [5.41, 5.74) is 0.755. The molecule has 0 bridgehead atoms. The molecule has 0 aliphatic carbocycles. The maximum Gasteiger partial charge on any atom is 0.326 e. The fourth-order valence-corrected chi connectivity index (χ4v) is 2.68. The number of aromatic nitrogens is 1. The van der Waals surface area contributed by atoms with E-state index in [-0.39, 0.29) is 11.8 Å². The van der Waals surface area contributed by atoms with E-state index in [9.17, 15) is 9.59 Å². The number of carbonyl (C=O) groups is 2. The maximum atomic E-state index is 12.3. The number of nitrogens with one attached hydrogen (secondary N) is 1. The number of carboxylic acid groups (broad SMARTS) is 1. The Morgan fingerprint density at radius 1 is 1.30 bits per heavy atom. The lowest BCUT2D eigenvalue weighted by Gasteiger charge is -2.17. The summed E-state index contributed by atoms with van der Waals surface area (Å²) < 4.78 is 1.83. The largest absolute Gasteiger partial charge is 0.480 e. The highest BCUT2D eigenvalue weighted by molar-refractivity contribution is 7.12. The van der Waals surface area contributed by atoms with Gasteiger partial charge >= 0.3 is 5.97 Å². The van der Waals surface area contributed by atoms with Crippen LogP contribution in [0.3, 0.4) is 0 Å². The Bertz CT molecular complexity index is 602. The van der Waals surface area contributed by atoms with Gasteiger partial charge in [-0.2, -0.15) is 0 Å². The van der Waals surface area contributed by atoms with Gasteiger partial charge in [0, 0.05) is 12.4 Å². The maximum absolute atomic E-state index is 12.3. The van der Waals surface area contributed by atoms with Crippen LogP contribution in [0.2, 0.25) is 0 Å². The van der Waals surface area contributed by atoms with Crippen molar-refractivity contribution < 1.29 is 14.7 Å². The topological polar surface area (TPSA) is 71.3 Å². The minimum absolute atomic E-state index is 0.175. The molecule has 2 rings (SSSR count). The Morgan fingerprint density at radius 2 is 1.95 bits per heavy atom. The second-order valence-electron chi connectivity index (χ2n) is 4.76. The molecule has 0 aromatic carbocycles. The van der Waals surface area contributed by atoms with Crippen molar-refractivity contribution in [1.82, 2.24) is 9.88 Å². The van der Waals surface area contributed by atoms with Crippen LogP contribution in [-0.4, -0.2) is 27.6 Å². The van der Waals surface area contributed by atoms with Gasteiger partial charge in [-0.1, -0.05) is 13.8 Å². The average Bonchev–Trinajstić information content (AvgIpc) is 3.03. The van der Waals surface area contributed by atoms with Crippen molar-refractivity contribution in [2.75, 3.05) is 0 Å². The zero-order valence-electron chi connectivity index (χ0n) is 11.2. The van der Waals surface area contributed by atoms with Gasteiger partial charge in [0.15, 0.2) is 0 Å². The number of thiophene rings is 1. The van der Waals surface area contributed by atoms with Gasteiger partial charge in [-0.05, 0) is 29.5 Å². The molecule has 1 amide bonds. The zero-order valence-corrected chi connectivity index (χ0v) is 12.1. The number of rotatable bonds is 5. The van der Waals surface area contributed by atoms with Crippen molar-refractivity contribution in [3.05, 3.63) is 40.8 Å². The highest BCUT2D eigenvalue weighted by Crippen LogP contribution is 2.21. The number of carbonyl (C=O) groups excluding carboxylic acids is 1. The van der Waals surface area contributed by atoms with E-state index in [0.29, 0.717) is 4.88 Å². The summed E-state index contributed by atoms with van der Waals surface area (Å²) in [6.07, 6.45) is 3.69. The van der Waals surface area contributed by atoms with Crippen molar-refractivity contribution in [2.45, 2.75) is 19.9 Å². The van der Waals surface area contributed by atoms with Crippen LogP contribution in [0.5, 0.6) is 0 Å². The lowest BCUT2D eigenvalue weighted by Crippen LogP contribution is -2.44. The summed E-state index contributed by atoms with van der Waals surface area (Å²) in [4.78, 5) is 23.9. The molecule has 0 fully saturated rings. The lowest BCUT2D eigenvalue weighted by atomic mass is 10.0. The first-order valence-corrected chi connectivity index (χ1v) is 7.13. The second-order valence-corrected chi connectivity index (χ2v) is 5.67. The monoisotopic (exact) mass is 292 g/mol. The van der Waals surface area contributed by atoms with Gasteiger partial charge in [-0.15, -0.1) is 11.3 Å². The van der Waals surface area contributed by atoms with Crippen LogP contribution in [-0.2, 0) is 4.79 Å². The minimum Gasteiger partial charge on any atom is -0.480 e. The number of carboxylic acids is 1. The van der Waals surface area contributed by atoms with Gasteiger partial charge in [0.05, 0.1) is 5.69 Å². The van der Waals surface area contributed by atoms with Crippen molar-refractivity contribution in [3.63, 3.8) is 0 Å². The highest BCUT2D eigenvalue weighted by atomic mass is 32.1. The molecule has 2 aromatic heterocycles. The van der Waals surface area contributed by atoms with Crippen molar-refractivity contribution in [3.8, 4) is 5.69 Å². The molecule has 106 valence electrons. The number of nitrogens with zero attached hydrogens (tertiary/aromatic N) is 1. The Hall–Kier alpha value is -2.08. The van der Waals surface area contributed by atoms with Gasteiger partial charge in [-0.3, -0.25) is 4.79 Å². The van der Waals surface area contributed by atoms with Crippen molar-refractivity contribution in [2.24, 2.45) is 5.92 Å². The molecular formula is C14H16N2O3S. The summed E-state index contributed by atoms with van der Waals surface area (Å²) in [6, 6.07) is 4.69. The predicted octanol–water partition coefficient (Wildman–Crippen LogP) is 2.38. The molecule has 0 saturated heterocycles. The quantitative estimate of drug-likeness (QED) is 0.888. The van der Waals surface area contributed by atoms with E-state index < -0.39 is 12.0 Å². The number of hydrogen-bond acceptors (Lipinski definition) is 3. The molecule has 20 heavy (non-hydrogen) atoms. The molecule has 6 heteroatoms. The summed E-state index contributed by atoms with van der Waals surface area (Å²) in [5.74, 6) is -1.55. The third-order valence-corrected chi connectivity index (χ3v) is 3.86. The Balaban J connectivity index is 2.22. The molecule has 2 N–H and O–H groups in total. The van der Waals surface area contributed by atoms with Crippen LogP contribution < -0.4 is 5.32 Å². The third-order valence-electron chi connectivity index (χ3n) is 2.95. The molecule has 1 unspecified atom stereocenters. The van der Waals surface area contributed by atoms with Crippen LogP contribution in [0.15, 0.2) is 36.0 Å². The van der Waals surface area contributed by atoms with E-state index >= 15 is 0 Å². The first-order chi connectivity index (χ1) is 9.50. The molecule has 0 radical (unpaired) electrons. The van der Waals surface area contributed by atoms with Gasteiger partial charge in [0.2, 0.25) is 0 Å². The molecular weight excluding hydrogens is 276 g/mol. The van der Waals surface area contributed by atoms with Crippen molar-refractivity contribution in [1.29, 1.82) is 0 Å². The van der Waals surface area contributed by atoms with E-state index in [0.717, 1.165) is 5.69 Å². The van der Waals surface area contributed by atoms with Crippen molar-refractivity contribution >= 4 is 23.2 Å². The molecule has 2 heterocycles. The average molecular weight is 292 g/mol. The van der Waals surface area contributed by atoms with E-state index in [2.05, 4.69) is 5.32 Å². The van der Waals surface area contributed by atoms with Gasteiger partial charge in [0.25, 0.3) is 5.91 Å². The molecule has 0 aliphatic rings. The Labute approximate surface area is 120 Å². The minimum atomic E-state index is -1.02. The zero-order chi connectivity index (χ0) is 14.7.